The van der Waals surface area contributed by atoms with E-state index in [2.05, 4.69) is 15.9 Å². The molecule has 0 aliphatic heterocycles. The minimum atomic E-state index is -0.180. The summed E-state index contributed by atoms with van der Waals surface area (Å²) in [6.45, 7) is 2.29. The lowest BCUT2D eigenvalue weighted by molar-refractivity contribution is 0.608. The second-order valence-electron chi connectivity index (χ2n) is 2.71. The molecule has 0 unspecified atom stereocenters. The monoisotopic (exact) mass is 231 g/mol. The van der Waals surface area contributed by atoms with Crippen molar-refractivity contribution in [1.29, 1.82) is 0 Å². The Labute approximate surface area is 79.9 Å². The van der Waals surface area contributed by atoms with Gasteiger partial charge in [0.05, 0.1) is 4.47 Å². The molecule has 0 aliphatic carbocycles. The maximum absolute atomic E-state index is 13.2. The van der Waals surface area contributed by atoms with Crippen LogP contribution in [0.15, 0.2) is 16.6 Å². The molecule has 0 fully saturated rings. The van der Waals surface area contributed by atoms with Gasteiger partial charge in [-0.15, -0.1) is 0 Å². The van der Waals surface area contributed by atoms with Gasteiger partial charge in [-0.3, -0.25) is 0 Å². The smallest absolute Gasteiger partial charge is 0.140 e. The van der Waals surface area contributed by atoms with Crippen LogP contribution in [0.1, 0.15) is 11.1 Å². The van der Waals surface area contributed by atoms with Crippen molar-refractivity contribution < 1.29 is 4.39 Å². The van der Waals surface area contributed by atoms with E-state index in [0.717, 1.165) is 5.56 Å². The lowest BCUT2D eigenvalue weighted by Gasteiger charge is -2.05. The van der Waals surface area contributed by atoms with Crippen LogP contribution in [0.4, 0.5) is 4.39 Å². The summed E-state index contributed by atoms with van der Waals surface area (Å²) < 4.78 is 13.8. The third kappa shape index (κ3) is 1.84. The molecule has 0 aromatic heterocycles. The molecule has 66 valence electrons. The van der Waals surface area contributed by atoms with Gasteiger partial charge in [0, 0.05) is 0 Å². The van der Waals surface area contributed by atoms with Crippen molar-refractivity contribution >= 4 is 15.9 Å². The first-order valence-electron chi connectivity index (χ1n) is 3.80. The van der Waals surface area contributed by atoms with E-state index in [1.807, 2.05) is 6.07 Å². The van der Waals surface area contributed by atoms with Gasteiger partial charge in [0.2, 0.25) is 0 Å². The van der Waals surface area contributed by atoms with Gasteiger partial charge in [0.25, 0.3) is 0 Å². The zero-order valence-electron chi connectivity index (χ0n) is 6.90. The summed E-state index contributed by atoms with van der Waals surface area (Å²) in [5.74, 6) is -0.180. The van der Waals surface area contributed by atoms with Gasteiger partial charge in [-0.25, -0.2) is 4.39 Å². The molecule has 0 radical (unpaired) electrons. The lowest BCUT2D eigenvalue weighted by Crippen LogP contribution is -2.04. The first-order chi connectivity index (χ1) is 5.66. The summed E-state index contributed by atoms with van der Waals surface area (Å²) in [7, 11) is 0. The van der Waals surface area contributed by atoms with E-state index < -0.39 is 0 Å². The van der Waals surface area contributed by atoms with Crippen LogP contribution >= 0.6 is 15.9 Å². The Morgan fingerprint density at radius 1 is 1.50 bits per heavy atom. The lowest BCUT2D eigenvalue weighted by atomic mass is 10.1. The summed E-state index contributed by atoms with van der Waals surface area (Å²) in [5, 5.41) is 0. The summed E-state index contributed by atoms with van der Waals surface area (Å²) in [5.41, 5.74) is 6.96. The minimum Gasteiger partial charge on any atom is -0.330 e. The summed E-state index contributed by atoms with van der Waals surface area (Å²) in [4.78, 5) is 0. The van der Waals surface area contributed by atoms with E-state index in [4.69, 9.17) is 5.73 Å². The molecule has 0 aliphatic rings. The third-order valence-electron chi connectivity index (χ3n) is 1.77. The van der Waals surface area contributed by atoms with E-state index >= 15 is 0 Å². The van der Waals surface area contributed by atoms with Crippen LogP contribution in [0.25, 0.3) is 0 Å². The number of aryl methyl sites for hydroxylation is 1. The Morgan fingerprint density at radius 3 is 2.75 bits per heavy atom. The molecule has 3 heteroatoms. The second-order valence-corrected chi connectivity index (χ2v) is 3.50. The highest BCUT2D eigenvalue weighted by Crippen LogP contribution is 2.23. The fourth-order valence-electron chi connectivity index (χ4n) is 1.03. The van der Waals surface area contributed by atoms with Crippen LogP contribution in [-0.2, 0) is 6.42 Å². The molecule has 0 saturated carbocycles. The average Bonchev–Trinajstić information content (AvgIpc) is 2.07. The first-order valence-corrected chi connectivity index (χ1v) is 4.59. The Hall–Kier alpha value is -0.410. The fraction of sp³-hybridized carbons (Fsp3) is 0.333. The van der Waals surface area contributed by atoms with E-state index in [1.54, 1.807) is 13.0 Å². The zero-order chi connectivity index (χ0) is 9.14. The molecule has 1 nitrogen and oxygen atoms in total. The molecule has 0 saturated heterocycles. The topological polar surface area (TPSA) is 26.0 Å². The van der Waals surface area contributed by atoms with Crippen LogP contribution in [0, 0.1) is 12.7 Å². The second kappa shape index (κ2) is 4.01. The van der Waals surface area contributed by atoms with E-state index in [0.29, 0.717) is 23.0 Å². The molecule has 0 atom stereocenters. The van der Waals surface area contributed by atoms with Gasteiger partial charge in [-0.05, 0) is 46.9 Å². The first kappa shape index (κ1) is 9.68. The van der Waals surface area contributed by atoms with Gasteiger partial charge in [-0.1, -0.05) is 12.1 Å². The highest BCUT2D eigenvalue weighted by Gasteiger charge is 2.06. The Morgan fingerprint density at radius 2 is 2.17 bits per heavy atom. The van der Waals surface area contributed by atoms with Crippen LogP contribution in [0.2, 0.25) is 0 Å². The normalized spacial score (nSPS) is 10.3. The van der Waals surface area contributed by atoms with Crippen molar-refractivity contribution in [3.05, 3.63) is 33.5 Å². The Kier molecular flexibility index (Phi) is 3.23. The highest BCUT2D eigenvalue weighted by atomic mass is 79.9. The van der Waals surface area contributed by atoms with Crippen molar-refractivity contribution in [2.45, 2.75) is 13.3 Å². The quantitative estimate of drug-likeness (QED) is 0.832. The largest absolute Gasteiger partial charge is 0.330 e. The Bertz CT molecular complexity index is 286. The zero-order valence-corrected chi connectivity index (χ0v) is 8.49. The molecular weight excluding hydrogens is 221 g/mol. The van der Waals surface area contributed by atoms with Gasteiger partial charge in [0.15, 0.2) is 0 Å². The molecule has 2 N–H and O–H groups in total. The highest BCUT2D eigenvalue weighted by molar-refractivity contribution is 9.10. The van der Waals surface area contributed by atoms with Crippen LogP contribution in [0.5, 0.6) is 0 Å². The van der Waals surface area contributed by atoms with Crippen LogP contribution in [0.3, 0.4) is 0 Å². The molecule has 1 aromatic carbocycles. The number of benzene rings is 1. The molecule has 1 aromatic rings. The van der Waals surface area contributed by atoms with Gasteiger partial charge in [0.1, 0.15) is 5.82 Å². The number of hydrogen-bond donors (Lipinski definition) is 1. The third-order valence-corrected chi connectivity index (χ3v) is 2.63. The fourth-order valence-corrected chi connectivity index (χ4v) is 1.68. The van der Waals surface area contributed by atoms with Crippen molar-refractivity contribution in [2.75, 3.05) is 6.54 Å². The maximum Gasteiger partial charge on any atom is 0.140 e. The Balaban J connectivity index is 3.08. The number of halogens is 2. The summed E-state index contributed by atoms with van der Waals surface area (Å²) in [6.07, 6.45) is 0.706. The van der Waals surface area contributed by atoms with E-state index in [-0.39, 0.29) is 5.82 Å². The number of nitrogens with two attached hydrogens (primary N) is 1. The van der Waals surface area contributed by atoms with Crippen molar-refractivity contribution in [1.82, 2.24) is 0 Å². The molecule has 0 bridgehead atoms. The van der Waals surface area contributed by atoms with E-state index in [1.165, 1.54) is 0 Å². The van der Waals surface area contributed by atoms with Crippen molar-refractivity contribution in [2.24, 2.45) is 5.73 Å². The minimum absolute atomic E-state index is 0.180. The van der Waals surface area contributed by atoms with E-state index in [9.17, 15) is 4.39 Å². The number of rotatable bonds is 2. The molecular formula is C9H11BrFN. The predicted octanol–water partition coefficient (Wildman–Crippen LogP) is 2.40. The summed E-state index contributed by atoms with van der Waals surface area (Å²) >= 11 is 3.20. The van der Waals surface area contributed by atoms with Crippen LogP contribution < -0.4 is 5.73 Å². The van der Waals surface area contributed by atoms with Gasteiger partial charge < -0.3 is 5.73 Å². The molecule has 0 heterocycles. The van der Waals surface area contributed by atoms with Crippen LogP contribution in [-0.4, -0.2) is 6.54 Å². The predicted molar refractivity (Wildman–Crippen MR) is 51.6 cm³/mol. The van der Waals surface area contributed by atoms with Gasteiger partial charge >= 0.3 is 0 Å². The maximum atomic E-state index is 13.2. The average molecular weight is 232 g/mol. The van der Waals surface area contributed by atoms with Crippen molar-refractivity contribution in [3.8, 4) is 0 Å². The van der Waals surface area contributed by atoms with Gasteiger partial charge in [-0.2, -0.15) is 0 Å². The number of hydrogen-bond acceptors (Lipinski definition) is 1. The SMILES string of the molecule is Cc1ccc(CCN)c(Br)c1F. The summed E-state index contributed by atoms with van der Waals surface area (Å²) in [6, 6.07) is 3.67. The van der Waals surface area contributed by atoms with Crippen molar-refractivity contribution in [3.63, 3.8) is 0 Å². The molecule has 12 heavy (non-hydrogen) atoms. The molecule has 0 spiro atoms. The molecule has 1 rings (SSSR count). The standard InChI is InChI=1S/C9H11BrFN/c1-6-2-3-7(4-5-12)8(10)9(6)11/h2-3H,4-5,12H2,1H3. The molecule has 0 amide bonds.